The summed E-state index contributed by atoms with van der Waals surface area (Å²) in [5.74, 6) is 2.68. The molecule has 4 nitrogen and oxygen atoms in total. The van der Waals surface area contributed by atoms with E-state index in [1.54, 1.807) is 7.11 Å². The smallest absolute Gasteiger partial charge is 0.191 e. The first-order chi connectivity index (χ1) is 10.7. The standard InChI is InChI=1S/C18H35N3O.HI/c1-15-6-4-7-16(12-15)13-20-17(19-2)21-14-18(8-5-9-18)10-11-22-3;/h15-16H,4-14H2,1-3H3,(H2,19,20,21);1H. The largest absolute Gasteiger partial charge is 0.385 e. The van der Waals surface area contributed by atoms with Gasteiger partial charge >= 0.3 is 0 Å². The first-order valence-corrected chi connectivity index (χ1v) is 9.11. The Morgan fingerprint density at radius 1 is 1.22 bits per heavy atom. The zero-order chi connectivity index (χ0) is 15.8. The molecule has 0 bridgehead atoms. The lowest BCUT2D eigenvalue weighted by Crippen LogP contribution is -2.47. The number of nitrogens with one attached hydrogen (secondary N) is 2. The van der Waals surface area contributed by atoms with Crippen LogP contribution in [0.3, 0.4) is 0 Å². The molecule has 0 saturated heterocycles. The Morgan fingerprint density at radius 3 is 2.57 bits per heavy atom. The van der Waals surface area contributed by atoms with Crippen molar-refractivity contribution in [3.63, 3.8) is 0 Å². The Balaban J connectivity index is 0.00000264. The summed E-state index contributed by atoms with van der Waals surface area (Å²) < 4.78 is 5.27. The maximum atomic E-state index is 5.27. The summed E-state index contributed by atoms with van der Waals surface area (Å²) in [5.41, 5.74) is 0.437. The Morgan fingerprint density at radius 2 is 2.00 bits per heavy atom. The zero-order valence-electron chi connectivity index (χ0n) is 15.2. The normalized spacial score (nSPS) is 26.8. The van der Waals surface area contributed by atoms with Crippen LogP contribution in [0.25, 0.3) is 0 Å². The van der Waals surface area contributed by atoms with Gasteiger partial charge in [0.05, 0.1) is 0 Å². The average Bonchev–Trinajstić information content (AvgIpc) is 2.48. The maximum Gasteiger partial charge on any atom is 0.191 e. The zero-order valence-corrected chi connectivity index (χ0v) is 17.5. The van der Waals surface area contributed by atoms with Crippen molar-refractivity contribution < 1.29 is 4.74 Å². The second kappa shape index (κ2) is 10.7. The number of rotatable bonds is 7. The number of guanidine groups is 1. The van der Waals surface area contributed by atoms with Gasteiger partial charge in [-0.3, -0.25) is 4.99 Å². The van der Waals surface area contributed by atoms with Crippen molar-refractivity contribution >= 4 is 29.9 Å². The van der Waals surface area contributed by atoms with Crippen molar-refractivity contribution in [1.29, 1.82) is 0 Å². The third-order valence-corrected chi connectivity index (χ3v) is 5.71. The third kappa shape index (κ3) is 6.77. The summed E-state index contributed by atoms with van der Waals surface area (Å²) in [5, 5.41) is 7.10. The number of halogens is 1. The Kier molecular flexibility index (Phi) is 9.82. The Hall–Kier alpha value is -0.0400. The van der Waals surface area contributed by atoms with Crippen molar-refractivity contribution in [2.24, 2.45) is 22.2 Å². The lowest BCUT2D eigenvalue weighted by Gasteiger charge is -2.42. The Bertz CT molecular complexity index is 358. The van der Waals surface area contributed by atoms with E-state index >= 15 is 0 Å². The molecule has 2 aliphatic carbocycles. The highest BCUT2D eigenvalue weighted by molar-refractivity contribution is 14.0. The minimum atomic E-state index is 0. The van der Waals surface area contributed by atoms with E-state index in [1.165, 1.54) is 44.9 Å². The van der Waals surface area contributed by atoms with E-state index in [-0.39, 0.29) is 24.0 Å². The van der Waals surface area contributed by atoms with Crippen LogP contribution in [0.15, 0.2) is 4.99 Å². The predicted molar refractivity (Wildman–Crippen MR) is 109 cm³/mol. The molecule has 0 radical (unpaired) electrons. The van der Waals surface area contributed by atoms with Crippen LogP contribution in [0.4, 0.5) is 0 Å². The van der Waals surface area contributed by atoms with Crippen LogP contribution in [0, 0.1) is 17.3 Å². The molecule has 0 aromatic rings. The van der Waals surface area contributed by atoms with Crippen molar-refractivity contribution in [3.8, 4) is 0 Å². The minimum absolute atomic E-state index is 0. The van der Waals surface area contributed by atoms with E-state index in [0.29, 0.717) is 5.41 Å². The van der Waals surface area contributed by atoms with Gasteiger partial charge in [-0.25, -0.2) is 0 Å². The summed E-state index contributed by atoms with van der Waals surface area (Å²) >= 11 is 0. The maximum absolute atomic E-state index is 5.27. The number of ether oxygens (including phenoxy) is 1. The van der Waals surface area contributed by atoms with Gasteiger partial charge in [0.25, 0.3) is 0 Å². The van der Waals surface area contributed by atoms with Crippen molar-refractivity contribution in [2.75, 3.05) is 33.9 Å². The third-order valence-electron chi connectivity index (χ3n) is 5.71. The molecule has 0 amide bonds. The van der Waals surface area contributed by atoms with Gasteiger partial charge in [-0.2, -0.15) is 0 Å². The molecule has 5 heteroatoms. The molecular weight excluding hydrogens is 401 g/mol. The average molecular weight is 437 g/mol. The van der Waals surface area contributed by atoms with Gasteiger partial charge in [0.1, 0.15) is 0 Å². The fourth-order valence-corrected chi connectivity index (χ4v) is 3.99. The lowest BCUT2D eigenvalue weighted by molar-refractivity contribution is 0.0732. The number of nitrogens with zero attached hydrogens (tertiary/aromatic N) is 1. The molecule has 0 aromatic heterocycles. The van der Waals surface area contributed by atoms with Crippen LogP contribution in [0.5, 0.6) is 0 Å². The van der Waals surface area contributed by atoms with Gasteiger partial charge in [0.15, 0.2) is 5.96 Å². The van der Waals surface area contributed by atoms with Gasteiger partial charge in [-0.1, -0.05) is 26.2 Å². The molecule has 2 fully saturated rings. The summed E-state index contributed by atoms with van der Waals surface area (Å²) in [6.07, 6.45) is 10.7. The van der Waals surface area contributed by atoms with Crippen LogP contribution in [-0.2, 0) is 4.74 Å². The van der Waals surface area contributed by atoms with Gasteiger partial charge in [-0.05, 0) is 49.4 Å². The van der Waals surface area contributed by atoms with Crippen molar-refractivity contribution in [2.45, 2.75) is 58.3 Å². The van der Waals surface area contributed by atoms with E-state index in [0.717, 1.165) is 43.9 Å². The van der Waals surface area contributed by atoms with Crippen LogP contribution in [0.1, 0.15) is 58.3 Å². The summed E-state index contributed by atoms with van der Waals surface area (Å²) in [6.45, 7) is 5.34. The first kappa shape index (κ1) is 21.0. The molecule has 23 heavy (non-hydrogen) atoms. The van der Waals surface area contributed by atoms with Crippen LogP contribution < -0.4 is 10.6 Å². The molecule has 0 aliphatic heterocycles. The highest BCUT2D eigenvalue weighted by Crippen LogP contribution is 2.43. The number of methoxy groups -OCH3 is 1. The minimum Gasteiger partial charge on any atom is -0.385 e. The molecule has 0 aromatic carbocycles. The summed E-state index contributed by atoms with van der Waals surface area (Å²) in [6, 6.07) is 0. The SMILES string of the molecule is CN=C(NCC1CCCC(C)C1)NCC1(CCOC)CCC1.I. The van der Waals surface area contributed by atoms with E-state index < -0.39 is 0 Å². The summed E-state index contributed by atoms with van der Waals surface area (Å²) in [7, 11) is 3.67. The van der Waals surface area contributed by atoms with E-state index in [9.17, 15) is 0 Å². The first-order valence-electron chi connectivity index (χ1n) is 9.11. The molecule has 2 unspecified atom stereocenters. The van der Waals surface area contributed by atoms with Gasteiger partial charge in [0.2, 0.25) is 0 Å². The Labute approximate surface area is 159 Å². The monoisotopic (exact) mass is 437 g/mol. The van der Waals surface area contributed by atoms with Gasteiger partial charge in [0, 0.05) is 33.9 Å². The van der Waals surface area contributed by atoms with Crippen LogP contribution in [-0.4, -0.2) is 39.8 Å². The molecule has 2 N–H and O–H groups in total. The second-order valence-electron chi connectivity index (χ2n) is 7.54. The molecule has 2 atom stereocenters. The highest BCUT2D eigenvalue weighted by atomic mass is 127. The topological polar surface area (TPSA) is 45.7 Å². The quantitative estimate of drug-likeness (QED) is 0.362. The van der Waals surface area contributed by atoms with Crippen LogP contribution in [0.2, 0.25) is 0 Å². The molecular formula is C18H36IN3O. The highest BCUT2D eigenvalue weighted by Gasteiger charge is 2.36. The number of hydrogen-bond donors (Lipinski definition) is 2. The van der Waals surface area contributed by atoms with E-state index in [1.807, 2.05) is 7.05 Å². The van der Waals surface area contributed by atoms with Gasteiger partial charge in [-0.15, -0.1) is 24.0 Å². The van der Waals surface area contributed by atoms with Crippen molar-refractivity contribution in [3.05, 3.63) is 0 Å². The molecule has 2 rings (SSSR count). The second-order valence-corrected chi connectivity index (χ2v) is 7.54. The van der Waals surface area contributed by atoms with E-state index in [2.05, 4.69) is 22.5 Å². The van der Waals surface area contributed by atoms with E-state index in [4.69, 9.17) is 4.74 Å². The van der Waals surface area contributed by atoms with Crippen LogP contribution >= 0.6 is 24.0 Å². The number of aliphatic imine (C=N–C) groups is 1. The molecule has 136 valence electrons. The fourth-order valence-electron chi connectivity index (χ4n) is 3.99. The van der Waals surface area contributed by atoms with Crippen molar-refractivity contribution in [1.82, 2.24) is 10.6 Å². The number of hydrogen-bond acceptors (Lipinski definition) is 2. The molecule has 2 aliphatic rings. The van der Waals surface area contributed by atoms with Gasteiger partial charge < -0.3 is 15.4 Å². The molecule has 0 heterocycles. The summed E-state index contributed by atoms with van der Waals surface area (Å²) in [4.78, 5) is 4.40. The molecule has 2 saturated carbocycles. The fraction of sp³-hybridized carbons (Fsp3) is 0.944. The lowest BCUT2D eigenvalue weighted by atomic mass is 9.67. The predicted octanol–water partition coefficient (Wildman–Crippen LogP) is 3.80. The molecule has 0 spiro atoms.